The van der Waals surface area contributed by atoms with Crippen LogP contribution in [0.5, 0.6) is 5.75 Å². The Kier molecular flexibility index (Phi) is 5.89. The van der Waals surface area contributed by atoms with Gasteiger partial charge in [-0.05, 0) is 24.1 Å². The zero-order chi connectivity index (χ0) is 18.4. The van der Waals surface area contributed by atoms with E-state index in [-0.39, 0.29) is 11.8 Å². The lowest BCUT2D eigenvalue weighted by molar-refractivity contribution is -0.130. The summed E-state index contributed by atoms with van der Waals surface area (Å²) in [7, 11) is 1.57. The van der Waals surface area contributed by atoms with Gasteiger partial charge in [-0.1, -0.05) is 42.5 Å². The molecule has 0 saturated carbocycles. The Morgan fingerprint density at radius 3 is 2.31 bits per heavy atom. The number of carbonyl (C=O) groups is 2. The van der Waals surface area contributed by atoms with Crippen LogP contribution in [0.25, 0.3) is 0 Å². The second-order valence-electron chi connectivity index (χ2n) is 6.39. The fourth-order valence-electron chi connectivity index (χ4n) is 3.24. The second-order valence-corrected chi connectivity index (χ2v) is 6.39. The molecule has 3 rings (SSSR count). The standard InChI is InChI=1S/C21H24N2O3/c1-26-19-11-6-5-10-18(19)21(25)23-13-7-12-22(14-15-23)20(24)16-17-8-3-2-4-9-17/h2-6,8-11H,7,12-16H2,1H3. The Hall–Kier alpha value is -2.82. The predicted molar refractivity (Wildman–Crippen MR) is 100 cm³/mol. The molecule has 136 valence electrons. The highest BCUT2D eigenvalue weighted by molar-refractivity contribution is 5.97. The molecule has 5 heteroatoms. The van der Waals surface area contributed by atoms with Crippen LogP contribution in [0.1, 0.15) is 22.3 Å². The Labute approximate surface area is 154 Å². The first-order valence-electron chi connectivity index (χ1n) is 8.93. The van der Waals surface area contributed by atoms with E-state index in [0.717, 1.165) is 12.0 Å². The molecule has 26 heavy (non-hydrogen) atoms. The molecule has 0 radical (unpaired) electrons. The van der Waals surface area contributed by atoms with Crippen molar-refractivity contribution in [2.45, 2.75) is 12.8 Å². The first-order chi connectivity index (χ1) is 12.7. The summed E-state index contributed by atoms with van der Waals surface area (Å²) in [6, 6.07) is 17.0. The Balaban J connectivity index is 1.62. The second kappa shape index (κ2) is 8.52. The zero-order valence-corrected chi connectivity index (χ0v) is 15.1. The van der Waals surface area contributed by atoms with Crippen molar-refractivity contribution < 1.29 is 14.3 Å². The van der Waals surface area contributed by atoms with Crippen LogP contribution >= 0.6 is 0 Å². The van der Waals surface area contributed by atoms with Gasteiger partial charge in [0.15, 0.2) is 0 Å². The summed E-state index contributed by atoms with van der Waals surface area (Å²) in [5.41, 5.74) is 1.59. The third-order valence-electron chi connectivity index (χ3n) is 4.67. The molecule has 2 amide bonds. The maximum atomic E-state index is 12.8. The minimum Gasteiger partial charge on any atom is -0.496 e. The molecule has 2 aromatic carbocycles. The van der Waals surface area contributed by atoms with Gasteiger partial charge in [-0.2, -0.15) is 0 Å². The van der Waals surface area contributed by atoms with E-state index in [4.69, 9.17) is 4.74 Å². The van der Waals surface area contributed by atoms with Crippen LogP contribution in [0.2, 0.25) is 0 Å². The lowest BCUT2D eigenvalue weighted by Crippen LogP contribution is -2.38. The van der Waals surface area contributed by atoms with Gasteiger partial charge in [0.25, 0.3) is 5.91 Å². The van der Waals surface area contributed by atoms with Crippen LogP contribution in [0.4, 0.5) is 0 Å². The van der Waals surface area contributed by atoms with Crippen LogP contribution in [0.15, 0.2) is 54.6 Å². The van der Waals surface area contributed by atoms with Gasteiger partial charge in [0.2, 0.25) is 5.91 Å². The maximum absolute atomic E-state index is 12.8. The fourth-order valence-corrected chi connectivity index (χ4v) is 3.24. The van der Waals surface area contributed by atoms with E-state index in [0.29, 0.717) is 43.9 Å². The summed E-state index contributed by atoms with van der Waals surface area (Å²) in [6.45, 7) is 2.43. The molecule has 1 aliphatic heterocycles. The summed E-state index contributed by atoms with van der Waals surface area (Å²) >= 11 is 0. The van der Waals surface area contributed by atoms with Crippen molar-refractivity contribution in [1.82, 2.24) is 9.80 Å². The van der Waals surface area contributed by atoms with Gasteiger partial charge >= 0.3 is 0 Å². The fraction of sp³-hybridized carbons (Fsp3) is 0.333. The topological polar surface area (TPSA) is 49.9 Å². The van der Waals surface area contributed by atoms with Crippen LogP contribution in [0.3, 0.4) is 0 Å². The highest BCUT2D eigenvalue weighted by Crippen LogP contribution is 2.20. The van der Waals surface area contributed by atoms with Gasteiger partial charge < -0.3 is 14.5 Å². The van der Waals surface area contributed by atoms with E-state index in [1.54, 1.807) is 19.2 Å². The van der Waals surface area contributed by atoms with E-state index in [1.165, 1.54) is 0 Å². The molecule has 1 heterocycles. The van der Waals surface area contributed by atoms with Crippen molar-refractivity contribution in [3.8, 4) is 5.75 Å². The minimum atomic E-state index is -0.0418. The lowest BCUT2D eigenvalue weighted by atomic mass is 10.1. The molecule has 1 fully saturated rings. The Bertz CT molecular complexity index is 761. The number of para-hydroxylation sites is 1. The zero-order valence-electron chi connectivity index (χ0n) is 15.1. The molecular weight excluding hydrogens is 328 g/mol. The number of ether oxygens (including phenoxy) is 1. The highest BCUT2D eigenvalue weighted by atomic mass is 16.5. The summed E-state index contributed by atoms with van der Waals surface area (Å²) < 4.78 is 5.30. The molecule has 0 bridgehead atoms. The van der Waals surface area contributed by atoms with Crippen molar-refractivity contribution in [1.29, 1.82) is 0 Å². The lowest BCUT2D eigenvalue weighted by Gasteiger charge is -2.23. The van der Waals surface area contributed by atoms with Crippen molar-refractivity contribution in [2.75, 3.05) is 33.3 Å². The average Bonchev–Trinajstić information content (AvgIpc) is 2.94. The number of methoxy groups -OCH3 is 1. The smallest absolute Gasteiger partial charge is 0.257 e. The number of benzene rings is 2. The quantitative estimate of drug-likeness (QED) is 0.850. The van der Waals surface area contributed by atoms with Gasteiger partial charge in [-0.3, -0.25) is 9.59 Å². The Morgan fingerprint density at radius 2 is 1.54 bits per heavy atom. The first kappa shape index (κ1) is 18.0. The number of rotatable bonds is 4. The van der Waals surface area contributed by atoms with Crippen molar-refractivity contribution in [3.63, 3.8) is 0 Å². The number of carbonyl (C=O) groups excluding carboxylic acids is 2. The van der Waals surface area contributed by atoms with Gasteiger partial charge in [0.05, 0.1) is 19.1 Å². The molecule has 0 aromatic heterocycles. The van der Waals surface area contributed by atoms with Crippen LogP contribution in [-0.4, -0.2) is 54.9 Å². The number of nitrogens with zero attached hydrogens (tertiary/aromatic N) is 2. The third-order valence-corrected chi connectivity index (χ3v) is 4.67. The normalized spacial score (nSPS) is 14.7. The molecule has 0 unspecified atom stereocenters. The Morgan fingerprint density at radius 1 is 0.885 bits per heavy atom. The van der Waals surface area contributed by atoms with Gasteiger partial charge in [0, 0.05) is 26.2 Å². The third kappa shape index (κ3) is 4.23. The molecular formula is C21H24N2O3. The maximum Gasteiger partial charge on any atom is 0.257 e. The number of hydrogen-bond donors (Lipinski definition) is 0. The summed E-state index contributed by atoms with van der Waals surface area (Å²) in [4.78, 5) is 29.1. The highest BCUT2D eigenvalue weighted by Gasteiger charge is 2.24. The summed E-state index contributed by atoms with van der Waals surface area (Å²) in [5, 5.41) is 0. The average molecular weight is 352 g/mol. The van der Waals surface area contributed by atoms with E-state index < -0.39 is 0 Å². The first-order valence-corrected chi connectivity index (χ1v) is 8.93. The number of hydrogen-bond acceptors (Lipinski definition) is 3. The molecule has 1 aliphatic rings. The van der Waals surface area contributed by atoms with Crippen LogP contribution in [0, 0.1) is 0 Å². The minimum absolute atomic E-state index is 0.0418. The summed E-state index contributed by atoms with van der Waals surface area (Å²) in [6.07, 6.45) is 1.18. The molecule has 5 nitrogen and oxygen atoms in total. The molecule has 0 atom stereocenters. The van der Waals surface area contributed by atoms with Gasteiger partial charge in [-0.15, -0.1) is 0 Å². The monoisotopic (exact) mass is 352 g/mol. The molecule has 2 aromatic rings. The van der Waals surface area contributed by atoms with E-state index in [2.05, 4.69) is 0 Å². The van der Waals surface area contributed by atoms with Gasteiger partial charge in [0.1, 0.15) is 5.75 Å². The van der Waals surface area contributed by atoms with Crippen LogP contribution < -0.4 is 4.74 Å². The number of amides is 2. The predicted octanol–water partition coefficient (Wildman–Crippen LogP) is 2.61. The molecule has 0 aliphatic carbocycles. The summed E-state index contributed by atoms with van der Waals surface area (Å²) in [5.74, 6) is 0.654. The van der Waals surface area contributed by atoms with Gasteiger partial charge in [-0.25, -0.2) is 0 Å². The van der Waals surface area contributed by atoms with E-state index >= 15 is 0 Å². The van der Waals surface area contributed by atoms with E-state index in [1.807, 2.05) is 52.3 Å². The van der Waals surface area contributed by atoms with Crippen molar-refractivity contribution in [3.05, 3.63) is 65.7 Å². The van der Waals surface area contributed by atoms with Crippen molar-refractivity contribution in [2.24, 2.45) is 0 Å². The van der Waals surface area contributed by atoms with E-state index in [9.17, 15) is 9.59 Å². The van der Waals surface area contributed by atoms with Crippen molar-refractivity contribution >= 4 is 11.8 Å². The molecule has 0 spiro atoms. The van der Waals surface area contributed by atoms with Crippen LogP contribution in [-0.2, 0) is 11.2 Å². The largest absolute Gasteiger partial charge is 0.496 e. The SMILES string of the molecule is COc1ccccc1C(=O)N1CCCN(C(=O)Cc2ccccc2)CC1. The molecule has 1 saturated heterocycles. The molecule has 0 N–H and O–H groups in total.